The van der Waals surface area contributed by atoms with Crippen molar-refractivity contribution >= 4 is 58.0 Å². The molecule has 0 bridgehead atoms. The molecule has 0 N–H and O–H groups in total. The molecule has 9 heteroatoms. The second-order valence-electron chi connectivity index (χ2n) is 4.85. The Morgan fingerprint density at radius 3 is 2.08 bits per heavy atom. The average Bonchev–Trinajstić information content (AvgIpc) is 2.51. The molecule has 4 nitrogen and oxygen atoms in total. The number of rotatable bonds is 2. The Bertz CT molecular complexity index is 922. The number of nitrogens with zero attached hydrogens (tertiary/aromatic N) is 4. The molecule has 3 aromatic rings. The van der Waals surface area contributed by atoms with Crippen LogP contribution in [0.1, 0.15) is 5.56 Å². The van der Waals surface area contributed by atoms with Gasteiger partial charge in [-0.1, -0.05) is 52.5 Å². The van der Waals surface area contributed by atoms with Gasteiger partial charge in [-0.25, -0.2) is 9.97 Å². The number of aromatic nitrogens is 4. The molecule has 3 rings (SSSR count). The highest BCUT2D eigenvalue weighted by atomic mass is 35.5. The van der Waals surface area contributed by atoms with Crippen molar-refractivity contribution in [1.29, 1.82) is 0 Å². The Labute approximate surface area is 162 Å². The number of hydrogen-bond acceptors (Lipinski definition) is 4. The molecule has 0 saturated heterocycles. The smallest absolute Gasteiger partial charge is 0.205 e. The third-order valence-corrected chi connectivity index (χ3v) is 4.68. The first-order valence-corrected chi connectivity index (χ1v) is 8.44. The normalized spacial score (nSPS) is 10.9. The van der Waals surface area contributed by atoms with E-state index in [-0.39, 0.29) is 20.7 Å². The molecule has 0 aliphatic heterocycles. The van der Waals surface area contributed by atoms with Crippen LogP contribution in [0.2, 0.25) is 25.8 Å². The van der Waals surface area contributed by atoms with E-state index in [1.54, 1.807) is 12.1 Å². The highest BCUT2D eigenvalue weighted by Crippen LogP contribution is 2.38. The van der Waals surface area contributed by atoms with Gasteiger partial charge in [0.15, 0.2) is 5.15 Å². The maximum Gasteiger partial charge on any atom is 0.225 e. The first-order valence-electron chi connectivity index (χ1n) is 6.55. The molecule has 2 heterocycles. The summed E-state index contributed by atoms with van der Waals surface area (Å²) in [6, 6.07) is 7.22. The van der Waals surface area contributed by atoms with Gasteiger partial charge in [-0.15, -0.1) is 10.2 Å². The minimum absolute atomic E-state index is 0.0552. The minimum atomic E-state index is -0.0552. The topological polar surface area (TPSA) is 51.6 Å². The van der Waals surface area contributed by atoms with Crippen LogP contribution in [0.5, 0.6) is 0 Å². The third-order valence-electron chi connectivity index (χ3n) is 3.27. The van der Waals surface area contributed by atoms with Gasteiger partial charge in [0.1, 0.15) is 10.3 Å². The van der Waals surface area contributed by atoms with E-state index in [2.05, 4.69) is 20.2 Å². The number of hydrogen-bond donors (Lipinski definition) is 0. The number of halogens is 5. The lowest BCUT2D eigenvalue weighted by Crippen LogP contribution is -1.96. The molecule has 0 aliphatic rings. The van der Waals surface area contributed by atoms with Crippen LogP contribution in [0.25, 0.3) is 22.4 Å². The maximum absolute atomic E-state index is 6.16. The van der Waals surface area contributed by atoms with Crippen LogP contribution in [0.3, 0.4) is 0 Å². The van der Waals surface area contributed by atoms with Crippen molar-refractivity contribution in [2.24, 2.45) is 0 Å². The van der Waals surface area contributed by atoms with Crippen LogP contribution in [0.15, 0.2) is 24.3 Å². The number of benzene rings is 1. The Balaban J connectivity index is 2.19. The molecule has 0 amide bonds. The third kappa shape index (κ3) is 3.44. The molecule has 0 unspecified atom stereocenters. The SMILES string of the molecule is Cc1cc(-c2cc(-c3c(Cl)nc(Cl)nc3Cl)c(Cl)nn2)ccc1Cl. The lowest BCUT2D eigenvalue weighted by atomic mass is 10.1. The minimum Gasteiger partial charge on any atom is -0.205 e. The van der Waals surface area contributed by atoms with Gasteiger partial charge in [-0.3, -0.25) is 0 Å². The molecule has 0 radical (unpaired) electrons. The van der Waals surface area contributed by atoms with Crippen molar-refractivity contribution in [2.75, 3.05) is 0 Å². The zero-order valence-corrected chi connectivity index (χ0v) is 15.8. The molecule has 122 valence electrons. The van der Waals surface area contributed by atoms with Gasteiger partial charge in [0.05, 0.1) is 11.3 Å². The predicted molar refractivity (Wildman–Crippen MR) is 98.3 cm³/mol. The van der Waals surface area contributed by atoms with E-state index in [0.717, 1.165) is 11.1 Å². The second-order valence-corrected chi connectivity index (χ2v) is 6.67. The fourth-order valence-corrected chi connectivity index (χ4v) is 3.25. The fraction of sp³-hybridized carbons (Fsp3) is 0.0667. The summed E-state index contributed by atoms with van der Waals surface area (Å²) < 4.78 is 0. The Morgan fingerprint density at radius 2 is 1.46 bits per heavy atom. The predicted octanol–water partition coefficient (Wildman–Crippen LogP) is 6.18. The molecule has 0 fully saturated rings. The van der Waals surface area contributed by atoms with Gasteiger partial charge in [0, 0.05) is 16.1 Å². The van der Waals surface area contributed by atoms with Crippen molar-refractivity contribution < 1.29 is 0 Å². The van der Waals surface area contributed by atoms with Crippen LogP contribution >= 0.6 is 58.0 Å². The quantitative estimate of drug-likeness (QED) is 0.367. The summed E-state index contributed by atoms with van der Waals surface area (Å²) in [5, 5.41) is 8.96. The molecular formula is C15H7Cl5N4. The van der Waals surface area contributed by atoms with E-state index in [4.69, 9.17) is 58.0 Å². The number of aryl methyl sites for hydroxylation is 1. The Kier molecular flexibility index (Phi) is 5.13. The molecule has 2 aromatic heterocycles. The largest absolute Gasteiger partial charge is 0.225 e. The van der Waals surface area contributed by atoms with Crippen molar-refractivity contribution in [3.63, 3.8) is 0 Å². The lowest BCUT2D eigenvalue weighted by Gasteiger charge is -2.10. The lowest BCUT2D eigenvalue weighted by molar-refractivity contribution is 1.04. The zero-order chi connectivity index (χ0) is 17.4. The molecular weight excluding hydrogens is 413 g/mol. The summed E-state index contributed by atoms with van der Waals surface area (Å²) in [5.41, 5.74) is 3.12. The van der Waals surface area contributed by atoms with Crippen LogP contribution in [0, 0.1) is 6.92 Å². The van der Waals surface area contributed by atoms with Crippen molar-refractivity contribution in [1.82, 2.24) is 20.2 Å². The van der Waals surface area contributed by atoms with Crippen LogP contribution < -0.4 is 0 Å². The summed E-state index contributed by atoms with van der Waals surface area (Å²) in [7, 11) is 0. The van der Waals surface area contributed by atoms with E-state index in [9.17, 15) is 0 Å². The molecule has 0 atom stereocenters. The summed E-state index contributed by atoms with van der Waals surface area (Å²) in [6.45, 7) is 1.90. The summed E-state index contributed by atoms with van der Waals surface area (Å²) in [6.07, 6.45) is 0. The molecule has 1 aromatic carbocycles. The van der Waals surface area contributed by atoms with Crippen LogP contribution in [-0.2, 0) is 0 Å². The van der Waals surface area contributed by atoms with Gasteiger partial charge < -0.3 is 0 Å². The van der Waals surface area contributed by atoms with Gasteiger partial charge in [-0.2, -0.15) is 0 Å². The van der Waals surface area contributed by atoms with E-state index in [1.807, 2.05) is 19.1 Å². The molecule has 0 saturated carbocycles. The summed E-state index contributed by atoms with van der Waals surface area (Å²) >= 11 is 30.2. The highest BCUT2D eigenvalue weighted by molar-refractivity contribution is 6.40. The first-order chi connectivity index (χ1) is 11.4. The van der Waals surface area contributed by atoms with E-state index in [0.29, 0.717) is 21.8 Å². The Hall–Kier alpha value is -1.17. The van der Waals surface area contributed by atoms with Gasteiger partial charge in [0.25, 0.3) is 0 Å². The van der Waals surface area contributed by atoms with E-state index >= 15 is 0 Å². The van der Waals surface area contributed by atoms with Crippen molar-refractivity contribution in [3.05, 3.63) is 55.6 Å². The molecule has 0 spiro atoms. The molecule has 0 aliphatic carbocycles. The first kappa shape index (κ1) is 17.6. The van der Waals surface area contributed by atoms with Crippen molar-refractivity contribution in [2.45, 2.75) is 6.92 Å². The summed E-state index contributed by atoms with van der Waals surface area (Å²) in [5.74, 6) is 0. The zero-order valence-electron chi connectivity index (χ0n) is 12.0. The van der Waals surface area contributed by atoms with Crippen LogP contribution in [-0.4, -0.2) is 20.2 Å². The Morgan fingerprint density at radius 1 is 0.792 bits per heavy atom. The van der Waals surface area contributed by atoms with Gasteiger partial charge in [-0.05, 0) is 42.3 Å². The fourth-order valence-electron chi connectivity index (χ4n) is 2.10. The monoisotopic (exact) mass is 418 g/mol. The molecule has 24 heavy (non-hydrogen) atoms. The summed E-state index contributed by atoms with van der Waals surface area (Å²) in [4.78, 5) is 7.78. The maximum atomic E-state index is 6.16. The highest BCUT2D eigenvalue weighted by Gasteiger charge is 2.18. The van der Waals surface area contributed by atoms with Gasteiger partial charge >= 0.3 is 0 Å². The van der Waals surface area contributed by atoms with Crippen molar-refractivity contribution in [3.8, 4) is 22.4 Å². The average molecular weight is 421 g/mol. The van der Waals surface area contributed by atoms with E-state index in [1.165, 1.54) is 0 Å². The second kappa shape index (κ2) is 6.98. The standard InChI is InChI=1S/C15H7Cl5N4/c1-6-4-7(2-3-9(6)16)10-5-8(12(17)24-23-10)11-13(18)21-15(20)22-14(11)19/h2-5H,1H3. The van der Waals surface area contributed by atoms with Crippen LogP contribution in [0.4, 0.5) is 0 Å². The van der Waals surface area contributed by atoms with Gasteiger partial charge in [0.2, 0.25) is 5.28 Å². The van der Waals surface area contributed by atoms with E-state index < -0.39 is 0 Å².